The van der Waals surface area contributed by atoms with Crippen LogP contribution < -0.4 is 5.43 Å². The van der Waals surface area contributed by atoms with Gasteiger partial charge in [-0.1, -0.05) is 28.1 Å². The monoisotopic (exact) mass is 330 g/mol. The SMILES string of the molecule is Oc1ccc(Br)cc1/C=N/Nc1nc2ccccc2[nH]1. The number of H-pyrrole nitrogens is 1. The Balaban J connectivity index is 1.78. The number of aromatic amines is 1. The smallest absolute Gasteiger partial charge is 0.222 e. The van der Waals surface area contributed by atoms with Gasteiger partial charge in [0.15, 0.2) is 0 Å². The molecule has 2 aromatic carbocycles. The number of hydrogen-bond acceptors (Lipinski definition) is 4. The van der Waals surface area contributed by atoms with Crippen LogP contribution in [0.25, 0.3) is 11.0 Å². The first-order valence-electron chi connectivity index (χ1n) is 5.95. The second-order valence-electron chi connectivity index (χ2n) is 4.18. The van der Waals surface area contributed by atoms with Crippen LogP contribution in [0.3, 0.4) is 0 Å². The molecule has 0 saturated carbocycles. The zero-order valence-corrected chi connectivity index (χ0v) is 11.9. The minimum absolute atomic E-state index is 0.170. The number of aromatic hydroxyl groups is 1. The van der Waals surface area contributed by atoms with Gasteiger partial charge < -0.3 is 10.1 Å². The largest absolute Gasteiger partial charge is 0.507 e. The molecule has 3 aromatic rings. The molecule has 6 heteroatoms. The maximum absolute atomic E-state index is 9.68. The van der Waals surface area contributed by atoms with E-state index in [2.05, 4.69) is 36.4 Å². The maximum atomic E-state index is 9.68. The summed E-state index contributed by atoms with van der Waals surface area (Å²) in [5.74, 6) is 0.722. The van der Waals surface area contributed by atoms with E-state index in [1.807, 2.05) is 24.3 Å². The van der Waals surface area contributed by atoms with Gasteiger partial charge in [-0.3, -0.25) is 0 Å². The van der Waals surface area contributed by atoms with Crippen LogP contribution in [0.5, 0.6) is 5.75 Å². The van der Waals surface area contributed by atoms with Gasteiger partial charge in [-0.05, 0) is 30.3 Å². The van der Waals surface area contributed by atoms with Crippen LogP contribution in [0.4, 0.5) is 5.95 Å². The van der Waals surface area contributed by atoms with Crippen LogP contribution >= 0.6 is 15.9 Å². The van der Waals surface area contributed by atoms with Gasteiger partial charge in [0, 0.05) is 10.0 Å². The number of halogens is 1. The molecule has 0 fully saturated rings. The summed E-state index contributed by atoms with van der Waals surface area (Å²) in [6.45, 7) is 0. The molecule has 5 nitrogen and oxygen atoms in total. The number of hydrogen-bond donors (Lipinski definition) is 3. The summed E-state index contributed by atoms with van der Waals surface area (Å²) < 4.78 is 0.875. The quantitative estimate of drug-likeness (QED) is 0.508. The van der Waals surface area contributed by atoms with E-state index >= 15 is 0 Å². The first-order valence-corrected chi connectivity index (χ1v) is 6.74. The number of benzene rings is 2. The van der Waals surface area contributed by atoms with Crippen molar-refractivity contribution >= 4 is 39.1 Å². The van der Waals surface area contributed by atoms with Crippen LogP contribution in [-0.2, 0) is 0 Å². The van der Waals surface area contributed by atoms with E-state index in [0.717, 1.165) is 15.5 Å². The van der Waals surface area contributed by atoms with Crippen LogP contribution in [0.2, 0.25) is 0 Å². The fraction of sp³-hybridized carbons (Fsp3) is 0. The Morgan fingerprint density at radius 1 is 1.25 bits per heavy atom. The highest BCUT2D eigenvalue weighted by molar-refractivity contribution is 9.10. The Kier molecular flexibility index (Phi) is 3.39. The van der Waals surface area contributed by atoms with Crippen molar-refractivity contribution in [2.75, 3.05) is 5.43 Å². The zero-order chi connectivity index (χ0) is 13.9. The second kappa shape index (κ2) is 5.34. The number of imidazole rings is 1. The summed E-state index contributed by atoms with van der Waals surface area (Å²) >= 11 is 3.34. The molecule has 0 saturated heterocycles. The van der Waals surface area contributed by atoms with Crippen molar-refractivity contribution in [2.24, 2.45) is 5.10 Å². The Labute approximate surface area is 123 Å². The molecule has 0 amide bonds. The molecule has 0 bridgehead atoms. The highest BCUT2D eigenvalue weighted by atomic mass is 79.9. The number of phenols is 1. The number of para-hydroxylation sites is 2. The van der Waals surface area contributed by atoms with Crippen LogP contribution in [0.15, 0.2) is 52.0 Å². The molecule has 3 N–H and O–H groups in total. The average Bonchev–Trinajstić information content (AvgIpc) is 2.85. The number of aromatic nitrogens is 2. The van der Waals surface area contributed by atoms with E-state index in [0.29, 0.717) is 11.5 Å². The summed E-state index contributed by atoms with van der Waals surface area (Å²) in [6, 6.07) is 12.9. The van der Waals surface area contributed by atoms with E-state index < -0.39 is 0 Å². The van der Waals surface area contributed by atoms with Crippen molar-refractivity contribution in [1.82, 2.24) is 9.97 Å². The van der Waals surface area contributed by atoms with E-state index in [1.165, 1.54) is 6.21 Å². The lowest BCUT2D eigenvalue weighted by Gasteiger charge is -1.99. The molecule has 1 heterocycles. The second-order valence-corrected chi connectivity index (χ2v) is 5.09. The van der Waals surface area contributed by atoms with Gasteiger partial charge in [0.2, 0.25) is 5.95 Å². The van der Waals surface area contributed by atoms with Gasteiger partial charge >= 0.3 is 0 Å². The standard InChI is InChI=1S/C14H11BrN4O/c15-10-5-6-13(20)9(7-10)8-16-19-14-17-11-3-1-2-4-12(11)18-14/h1-8,20H,(H2,17,18,19)/b16-8+. The third-order valence-electron chi connectivity index (χ3n) is 2.75. The molecular formula is C14H11BrN4O. The molecule has 3 rings (SSSR count). The first kappa shape index (κ1) is 12.7. The Morgan fingerprint density at radius 3 is 2.95 bits per heavy atom. The summed E-state index contributed by atoms with van der Waals surface area (Å²) in [5.41, 5.74) is 5.23. The van der Waals surface area contributed by atoms with Crippen LogP contribution in [0, 0.1) is 0 Å². The lowest BCUT2D eigenvalue weighted by molar-refractivity contribution is 0.474. The Bertz CT molecular complexity index is 749. The van der Waals surface area contributed by atoms with Crippen molar-refractivity contribution in [3.8, 4) is 5.75 Å². The molecular weight excluding hydrogens is 320 g/mol. The number of hydrazone groups is 1. The van der Waals surface area contributed by atoms with Gasteiger partial charge in [0.25, 0.3) is 0 Å². The number of phenolic OH excluding ortho intramolecular Hbond substituents is 1. The normalized spacial score (nSPS) is 11.2. The fourth-order valence-corrected chi connectivity index (χ4v) is 2.18. The summed E-state index contributed by atoms with van der Waals surface area (Å²) in [5, 5.41) is 13.7. The van der Waals surface area contributed by atoms with Gasteiger partial charge in [-0.15, -0.1) is 0 Å². The van der Waals surface area contributed by atoms with Crippen molar-refractivity contribution in [3.05, 3.63) is 52.5 Å². The van der Waals surface area contributed by atoms with E-state index in [1.54, 1.807) is 18.2 Å². The molecule has 0 aliphatic heterocycles. The van der Waals surface area contributed by atoms with E-state index in [-0.39, 0.29) is 5.75 Å². The number of anilines is 1. The molecule has 0 unspecified atom stereocenters. The lowest BCUT2D eigenvalue weighted by Crippen LogP contribution is -1.92. The van der Waals surface area contributed by atoms with Gasteiger partial charge in [0.1, 0.15) is 5.75 Å². The lowest BCUT2D eigenvalue weighted by atomic mass is 10.2. The Morgan fingerprint density at radius 2 is 2.10 bits per heavy atom. The number of rotatable bonds is 3. The summed E-state index contributed by atoms with van der Waals surface area (Å²) in [4.78, 5) is 7.43. The molecule has 0 aliphatic carbocycles. The fourth-order valence-electron chi connectivity index (χ4n) is 1.80. The molecule has 20 heavy (non-hydrogen) atoms. The summed E-state index contributed by atoms with van der Waals surface area (Å²) in [7, 11) is 0. The van der Waals surface area contributed by atoms with Gasteiger partial charge in [0.05, 0.1) is 17.2 Å². The van der Waals surface area contributed by atoms with Crippen LogP contribution in [0.1, 0.15) is 5.56 Å². The molecule has 100 valence electrons. The number of nitrogens with zero attached hydrogens (tertiary/aromatic N) is 2. The highest BCUT2D eigenvalue weighted by Gasteiger charge is 2.01. The minimum Gasteiger partial charge on any atom is -0.507 e. The molecule has 0 aliphatic rings. The van der Waals surface area contributed by atoms with Crippen molar-refractivity contribution in [2.45, 2.75) is 0 Å². The van der Waals surface area contributed by atoms with Crippen molar-refractivity contribution in [1.29, 1.82) is 0 Å². The summed E-state index contributed by atoms with van der Waals surface area (Å²) in [6.07, 6.45) is 1.54. The zero-order valence-electron chi connectivity index (χ0n) is 10.3. The average molecular weight is 331 g/mol. The minimum atomic E-state index is 0.170. The van der Waals surface area contributed by atoms with Gasteiger partial charge in [-0.25, -0.2) is 10.4 Å². The molecule has 1 aromatic heterocycles. The van der Waals surface area contributed by atoms with Crippen molar-refractivity contribution in [3.63, 3.8) is 0 Å². The van der Waals surface area contributed by atoms with Crippen molar-refractivity contribution < 1.29 is 5.11 Å². The van der Waals surface area contributed by atoms with E-state index in [9.17, 15) is 5.11 Å². The van der Waals surface area contributed by atoms with E-state index in [4.69, 9.17) is 0 Å². The highest BCUT2D eigenvalue weighted by Crippen LogP contribution is 2.20. The third kappa shape index (κ3) is 2.65. The maximum Gasteiger partial charge on any atom is 0.222 e. The number of fused-ring (bicyclic) bond motifs is 1. The topological polar surface area (TPSA) is 73.3 Å². The predicted octanol–water partition coefficient (Wildman–Crippen LogP) is 3.48. The van der Waals surface area contributed by atoms with Crippen LogP contribution in [-0.4, -0.2) is 21.3 Å². The molecule has 0 radical (unpaired) electrons. The first-order chi connectivity index (χ1) is 9.72. The molecule has 0 atom stereocenters. The predicted molar refractivity (Wildman–Crippen MR) is 83.1 cm³/mol. The Hall–Kier alpha value is -2.34. The number of nitrogens with one attached hydrogen (secondary N) is 2. The van der Waals surface area contributed by atoms with Gasteiger partial charge in [-0.2, -0.15) is 5.10 Å². The third-order valence-corrected chi connectivity index (χ3v) is 3.25. The molecule has 0 spiro atoms.